The third-order valence-corrected chi connectivity index (χ3v) is 7.27. The number of benzene rings is 2. The van der Waals surface area contributed by atoms with Crippen molar-refractivity contribution in [2.75, 3.05) is 44.7 Å². The summed E-state index contributed by atoms with van der Waals surface area (Å²) in [5.41, 5.74) is 1.57. The van der Waals surface area contributed by atoms with E-state index in [0.717, 1.165) is 68.3 Å². The Hall–Kier alpha value is -1.75. The van der Waals surface area contributed by atoms with Crippen LogP contribution < -0.4 is 9.64 Å². The van der Waals surface area contributed by atoms with Crippen LogP contribution in [0.2, 0.25) is 5.02 Å². The van der Waals surface area contributed by atoms with Crippen LogP contribution in [0, 0.1) is 5.92 Å². The van der Waals surface area contributed by atoms with Gasteiger partial charge in [-0.3, -0.25) is 4.90 Å². The van der Waals surface area contributed by atoms with E-state index in [9.17, 15) is 5.11 Å². The second-order valence-corrected chi connectivity index (χ2v) is 9.18. The quantitative estimate of drug-likeness (QED) is 0.727. The summed E-state index contributed by atoms with van der Waals surface area (Å²) < 4.78 is 5.54. The molecule has 1 heterocycles. The normalized spacial score (nSPS) is 25.3. The maximum absolute atomic E-state index is 11.6. The molecule has 0 aromatic heterocycles. The van der Waals surface area contributed by atoms with Gasteiger partial charge in [-0.15, -0.1) is 0 Å². The highest BCUT2D eigenvalue weighted by Gasteiger charge is 2.40. The Morgan fingerprint density at radius 2 is 1.77 bits per heavy atom. The van der Waals surface area contributed by atoms with Gasteiger partial charge in [-0.05, 0) is 36.6 Å². The zero-order chi connectivity index (χ0) is 21.0. The Labute approximate surface area is 185 Å². The molecule has 0 amide bonds. The number of piperazine rings is 1. The van der Waals surface area contributed by atoms with Gasteiger partial charge in [-0.25, -0.2) is 0 Å². The molecule has 2 aliphatic rings. The maximum Gasteiger partial charge on any atom is 0.142 e. The van der Waals surface area contributed by atoms with Crippen LogP contribution in [-0.4, -0.2) is 55.4 Å². The van der Waals surface area contributed by atoms with Gasteiger partial charge in [0.1, 0.15) is 5.75 Å². The van der Waals surface area contributed by atoms with E-state index in [0.29, 0.717) is 12.3 Å². The van der Waals surface area contributed by atoms with Gasteiger partial charge < -0.3 is 14.7 Å². The van der Waals surface area contributed by atoms with E-state index in [4.69, 9.17) is 16.3 Å². The number of methoxy groups -OCH3 is 1. The van der Waals surface area contributed by atoms with Crippen molar-refractivity contribution in [2.45, 2.75) is 37.7 Å². The Morgan fingerprint density at radius 1 is 1.03 bits per heavy atom. The zero-order valence-corrected chi connectivity index (χ0v) is 18.7. The van der Waals surface area contributed by atoms with Crippen molar-refractivity contribution >= 4 is 17.3 Å². The van der Waals surface area contributed by atoms with Crippen LogP contribution in [0.4, 0.5) is 5.69 Å². The van der Waals surface area contributed by atoms with Crippen molar-refractivity contribution < 1.29 is 9.84 Å². The summed E-state index contributed by atoms with van der Waals surface area (Å²) in [5.74, 6) is 1.23. The number of halogens is 1. The number of nitrogens with zero attached hydrogens (tertiary/aromatic N) is 2. The number of anilines is 1. The smallest absolute Gasteiger partial charge is 0.142 e. The van der Waals surface area contributed by atoms with Crippen LogP contribution in [0.5, 0.6) is 5.75 Å². The van der Waals surface area contributed by atoms with Crippen molar-refractivity contribution in [2.24, 2.45) is 5.92 Å². The SMILES string of the molecule is COc1ccccc1N1CCN(CC2CCCCC2(O)Cc2ccccc2Cl)CC1. The van der Waals surface area contributed by atoms with Crippen LogP contribution in [0.15, 0.2) is 48.5 Å². The van der Waals surface area contributed by atoms with Gasteiger partial charge in [0, 0.05) is 50.1 Å². The molecule has 162 valence electrons. The van der Waals surface area contributed by atoms with Crippen LogP contribution in [0.1, 0.15) is 31.2 Å². The Bertz CT molecular complexity index is 837. The Balaban J connectivity index is 1.39. The Kier molecular flexibility index (Phi) is 6.87. The summed E-state index contributed by atoms with van der Waals surface area (Å²) in [6.07, 6.45) is 4.91. The third kappa shape index (κ3) is 4.77. The fourth-order valence-electron chi connectivity index (χ4n) is 5.13. The fourth-order valence-corrected chi connectivity index (χ4v) is 5.34. The lowest BCUT2D eigenvalue weighted by Gasteiger charge is -2.44. The van der Waals surface area contributed by atoms with Crippen molar-refractivity contribution in [3.63, 3.8) is 0 Å². The number of hydrogen-bond donors (Lipinski definition) is 1. The summed E-state index contributed by atoms with van der Waals surface area (Å²) in [4.78, 5) is 4.94. The van der Waals surface area contributed by atoms with Crippen LogP contribution in [-0.2, 0) is 6.42 Å². The Morgan fingerprint density at radius 3 is 2.53 bits per heavy atom. The molecule has 0 spiro atoms. The molecule has 1 N–H and O–H groups in total. The predicted molar refractivity (Wildman–Crippen MR) is 124 cm³/mol. The fraction of sp³-hybridized carbons (Fsp3) is 0.520. The molecule has 2 aromatic rings. The van der Waals surface area contributed by atoms with E-state index >= 15 is 0 Å². The largest absolute Gasteiger partial charge is 0.495 e. The highest BCUT2D eigenvalue weighted by atomic mass is 35.5. The molecule has 1 saturated heterocycles. The molecule has 2 fully saturated rings. The van der Waals surface area contributed by atoms with Crippen LogP contribution >= 0.6 is 11.6 Å². The minimum atomic E-state index is -0.664. The average molecular weight is 429 g/mol. The lowest BCUT2D eigenvalue weighted by atomic mass is 9.72. The van der Waals surface area contributed by atoms with Crippen molar-refractivity contribution in [1.82, 2.24) is 4.90 Å². The van der Waals surface area contributed by atoms with Crippen molar-refractivity contribution in [3.05, 3.63) is 59.1 Å². The standard InChI is InChI=1S/C25H33ClN2O2/c1-30-24-12-5-4-11-23(24)28-16-14-27(15-17-28)19-21-9-6-7-13-25(21,29)18-20-8-2-3-10-22(20)26/h2-5,8,10-12,21,29H,6-7,9,13-19H2,1H3. The number of ether oxygens (including phenoxy) is 1. The zero-order valence-electron chi connectivity index (χ0n) is 17.9. The van der Waals surface area contributed by atoms with E-state index in [2.05, 4.69) is 28.0 Å². The van der Waals surface area contributed by atoms with Crippen LogP contribution in [0.3, 0.4) is 0 Å². The first-order chi connectivity index (χ1) is 14.6. The van der Waals surface area contributed by atoms with E-state index in [-0.39, 0.29) is 0 Å². The molecule has 4 rings (SSSR count). The molecule has 2 unspecified atom stereocenters. The molecule has 30 heavy (non-hydrogen) atoms. The van der Waals surface area contributed by atoms with E-state index in [1.165, 1.54) is 12.1 Å². The van der Waals surface area contributed by atoms with Gasteiger partial charge in [0.25, 0.3) is 0 Å². The number of para-hydroxylation sites is 2. The molecule has 1 saturated carbocycles. The highest BCUT2D eigenvalue weighted by Crippen LogP contribution is 2.38. The summed E-state index contributed by atoms with van der Waals surface area (Å²) in [7, 11) is 1.73. The molecule has 0 radical (unpaired) electrons. The highest BCUT2D eigenvalue weighted by molar-refractivity contribution is 6.31. The summed E-state index contributed by atoms with van der Waals surface area (Å²) in [6.45, 7) is 4.94. The average Bonchev–Trinajstić information content (AvgIpc) is 2.77. The van der Waals surface area contributed by atoms with Crippen molar-refractivity contribution in [1.29, 1.82) is 0 Å². The predicted octanol–water partition coefficient (Wildman–Crippen LogP) is 4.63. The first-order valence-corrected chi connectivity index (χ1v) is 11.5. The van der Waals surface area contributed by atoms with E-state index < -0.39 is 5.60 Å². The first-order valence-electron chi connectivity index (χ1n) is 11.2. The minimum absolute atomic E-state index is 0.292. The topological polar surface area (TPSA) is 35.9 Å². The molecule has 1 aliphatic heterocycles. The lowest BCUT2D eigenvalue weighted by molar-refractivity contribution is -0.0595. The van der Waals surface area contributed by atoms with E-state index in [1.807, 2.05) is 30.3 Å². The van der Waals surface area contributed by atoms with Gasteiger partial charge in [-0.1, -0.05) is 54.8 Å². The minimum Gasteiger partial charge on any atom is -0.495 e. The molecular formula is C25H33ClN2O2. The van der Waals surface area contributed by atoms with Gasteiger partial charge in [0.05, 0.1) is 18.4 Å². The first kappa shape index (κ1) is 21.5. The second kappa shape index (κ2) is 9.59. The third-order valence-electron chi connectivity index (χ3n) is 6.90. The molecule has 1 aliphatic carbocycles. The van der Waals surface area contributed by atoms with Crippen LogP contribution in [0.25, 0.3) is 0 Å². The molecule has 0 bridgehead atoms. The van der Waals surface area contributed by atoms with Gasteiger partial charge in [0.2, 0.25) is 0 Å². The molecule has 2 aromatic carbocycles. The van der Waals surface area contributed by atoms with Gasteiger partial charge >= 0.3 is 0 Å². The van der Waals surface area contributed by atoms with Crippen molar-refractivity contribution in [3.8, 4) is 5.75 Å². The molecule has 2 atom stereocenters. The number of hydrogen-bond acceptors (Lipinski definition) is 4. The maximum atomic E-state index is 11.6. The second-order valence-electron chi connectivity index (χ2n) is 8.77. The summed E-state index contributed by atoms with van der Waals surface area (Å²) in [5, 5.41) is 12.4. The monoisotopic (exact) mass is 428 g/mol. The van der Waals surface area contributed by atoms with Gasteiger partial charge in [-0.2, -0.15) is 0 Å². The van der Waals surface area contributed by atoms with Gasteiger partial charge in [0.15, 0.2) is 0 Å². The lowest BCUT2D eigenvalue weighted by Crippen LogP contribution is -2.52. The summed E-state index contributed by atoms with van der Waals surface area (Å²) in [6, 6.07) is 16.2. The number of aliphatic hydroxyl groups is 1. The van der Waals surface area contributed by atoms with E-state index in [1.54, 1.807) is 7.11 Å². The molecule has 5 heteroatoms. The molecule has 4 nitrogen and oxygen atoms in total. The summed E-state index contributed by atoms with van der Waals surface area (Å²) >= 11 is 6.41. The molecular weight excluding hydrogens is 396 g/mol. The number of rotatable bonds is 6.